The lowest BCUT2D eigenvalue weighted by Gasteiger charge is -2.18. The number of hydrogen-bond acceptors (Lipinski definition) is 6. The minimum Gasteiger partial charge on any atom is -0.462 e. The van der Waals surface area contributed by atoms with Crippen molar-refractivity contribution in [3.63, 3.8) is 0 Å². The van der Waals surface area contributed by atoms with Crippen molar-refractivity contribution in [1.29, 1.82) is 0 Å². The van der Waals surface area contributed by atoms with Gasteiger partial charge in [-0.15, -0.1) is 0 Å². The summed E-state index contributed by atoms with van der Waals surface area (Å²) in [5.74, 6) is -0.869. The van der Waals surface area contributed by atoms with Crippen LogP contribution in [0.4, 0.5) is 0 Å². The molecule has 6 nitrogen and oxygen atoms in total. The van der Waals surface area contributed by atoms with E-state index in [1.807, 2.05) is 0 Å². The number of ether oxygens (including phenoxy) is 3. The third kappa shape index (κ3) is 54.7. The predicted octanol–water partition coefficient (Wildman–Crippen LogP) is 19.9. The Morgan fingerprint density at radius 1 is 0.284 bits per heavy atom. The first-order chi connectivity index (χ1) is 33.0. The SMILES string of the molecule is CCCCCC/C=C\CCCCCCCC(=O)OCC(COC(=O)CCCCCCCCCCCCCCCCCCCCCC)OC(=O)CCCCCCC/C=C\CCCCCCCCC. The van der Waals surface area contributed by atoms with Crippen LogP contribution in [0.25, 0.3) is 0 Å². The second-order valence-corrected chi connectivity index (χ2v) is 20.3. The summed E-state index contributed by atoms with van der Waals surface area (Å²) in [5, 5.41) is 0. The molecule has 0 amide bonds. The fraction of sp³-hybridized carbons (Fsp3) is 0.885. The maximum Gasteiger partial charge on any atom is 0.306 e. The van der Waals surface area contributed by atoms with E-state index < -0.39 is 6.10 Å². The van der Waals surface area contributed by atoms with Crippen LogP contribution in [0.3, 0.4) is 0 Å². The van der Waals surface area contributed by atoms with Gasteiger partial charge in [0.05, 0.1) is 0 Å². The van der Waals surface area contributed by atoms with Crippen LogP contribution in [0, 0.1) is 0 Å². The maximum atomic E-state index is 12.8. The van der Waals surface area contributed by atoms with Gasteiger partial charge in [0.25, 0.3) is 0 Å². The molecular weight excluding hydrogens is 829 g/mol. The zero-order valence-electron chi connectivity index (χ0n) is 45.2. The van der Waals surface area contributed by atoms with E-state index in [0.29, 0.717) is 19.3 Å². The van der Waals surface area contributed by atoms with Crippen molar-refractivity contribution in [2.75, 3.05) is 13.2 Å². The molecule has 0 aromatic heterocycles. The fourth-order valence-electron chi connectivity index (χ4n) is 8.91. The Labute approximate surface area is 417 Å². The van der Waals surface area contributed by atoms with Gasteiger partial charge in [-0.3, -0.25) is 14.4 Å². The van der Waals surface area contributed by atoms with Gasteiger partial charge in [0.15, 0.2) is 6.10 Å². The van der Waals surface area contributed by atoms with Crippen LogP contribution in [0.1, 0.15) is 329 Å². The van der Waals surface area contributed by atoms with Gasteiger partial charge in [0.2, 0.25) is 0 Å². The molecule has 0 aliphatic heterocycles. The van der Waals surface area contributed by atoms with Gasteiger partial charge in [0, 0.05) is 19.3 Å². The van der Waals surface area contributed by atoms with E-state index in [1.165, 1.54) is 218 Å². The molecule has 0 aromatic carbocycles. The van der Waals surface area contributed by atoms with E-state index in [-0.39, 0.29) is 31.1 Å². The van der Waals surface area contributed by atoms with Crippen molar-refractivity contribution in [1.82, 2.24) is 0 Å². The lowest BCUT2D eigenvalue weighted by atomic mass is 10.0. The summed E-state index contributed by atoms with van der Waals surface area (Å²) in [6, 6.07) is 0. The smallest absolute Gasteiger partial charge is 0.306 e. The third-order valence-electron chi connectivity index (χ3n) is 13.4. The number of esters is 3. The quantitative estimate of drug-likeness (QED) is 0.0262. The number of unbranched alkanes of at least 4 members (excludes halogenated alkanes) is 40. The summed E-state index contributed by atoms with van der Waals surface area (Å²) in [6.07, 6.45) is 66.0. The first kappa shape index (κ1) is 64.9. The molecule has 0 heterocycles. The van der Waals surface area contributed by atoms with E-state index in [4.69, 9.17) is 14.2 Å². The molecule has 1 atom stereocenters. The van der Waals surface area contributed by atoms with E-state index in [1.54, 1.807) is 0 Å². The van der Waals surface area contributed by atoms with Gasteiger partial charge in [-0.25, -0.2) is 0 Å². The van der Waals surface area contributed by atoms with Gasteiger partial charge in [-0.1, -0.05) is 263 Å². The Kier molecular flexibility index (Phi) is 54.7. The van der Waals surface area contributed by atoms with Gasteiger partial charge >= 0.3 is 17.9 Å². The Balaban J connectivity index is 4.30. The van der Waals surface area contributed by atoms with Crippen LogP contribution in [0.5, 0.6) is 0 Å². The molecule has 0 rings (SSSR count). The van der Waals surface area contributed by atoms with Crippen LogP contribution >= 0.6 is 0 Å². The molecule has 394 valence electrons. The summed E-state index contributed by atoms with van der Waals surface area (Å²) in [4.78, 5) is 38.2. The number of allylic oxidation sites excluding steroid dienone is 4. The first-order valence-corrected chi connectivity index (χ1v) is 29.8. The Morgan fingerprint density at radius 3 is 0.761 bits per heavy atom. The van der Waals surface area contributed by atoms with Gasteiger partial charge in [-0.2, -0.15) is 0 Å². The highest BCUT2D eigenvalue weighted by atomic mass is 16.6. The van der Waals surface area contributed by atoms with Gasteiger partial charge < -0.3 is 14.2 Å². The molecule has 0 bridgehead atoms. The molecule has 0 saturated carbocycles. The van der Waals surface area contributed by atoms with Crippen LogP contribution < -0.4 is 0 Å². The molecule has 0 aromatic rings. The third-order valence-corrected chi connectivity index (χ3v) is 13.4. The summed E-state index contributed by atoms with van der Waals surface area (Å²) in [5.41, 5.74) is 0. The first-order valence-electron chi connectivity index (χ1n) is 29.8. The molecule has 0 fully saturated rings. The lowest BCUT2D eigenvalue weighted by Crippen LogP contribution is -2.30. The number of carbonyl (C=O) groups excluding carboxylic acids is 3. The zero-order valence-corrected chi connectivity index (χ0v) is 45.2. The van der Waals surface area contributed by atoms with Crippen molar-refractivity contribution in [3.05, 3.63) is 24.3 Å². The lowest BCUT2D eigenvalue weighted by molar-refractivity contribution is -0.167. The molecule has 0 spiro atoms. The van der Waals surface area contributed by atoms with Crippen LogP contribution in [0.15, 0.2) is 24.3 Å². The number of hydrogen-bond donors (Lipinski definition) is 0. The Hall–Kier alpha value is -2.11. The fourth-order valence-corrected chi connectivity index (χ4v) is 8.91. The largest absolute Gasteiger partial charge is 0.462 e. The molecule has 0 aliphatic rings. The molecular formula is C61H114O6. The molecule has 0 N–H and O–H groups in total. The highest BCUT2D eigenvalue weighted by Crippen LogP contribution is 2.17. The summed E-state index contributed by atoms with van der Waals surface area (Å²) >= 11 is 0. The van der Waals surface area contributed by atoms with Crippen LogP contribution in [-0.2, 0) is 28.6 Å². The molecule has 0 aliphatic carbocycles. The number of rotatable bonds is 55. The van der Waals surface area contributed by atoms with Crippen LogP contribution in [-0.4, -0.2) is 37.2 Å². The van der Waals surface area contributed by atoms with E-state index in [0.717, 1.165) is 70.6 Å². The van der Waals surface area contributed by atoms with E-state index in [9.17, 15) is 14.4 Å². The molecule has 1 unspecified atom stereocenters. The monoisotopic (exact) mass is 943 g/mol. The second kappa shape index (κ2) is 56.5. The predicted molar refractivity (Wildman–Crippen MR) is 289 cm³/mol. The standard InChI is InChI=1S/C61H114O6/c1-4-7-10-13-16-19-22-25-27-29-30-31-32-34-36-39-42-45-48-51-54-60(63)66-57-58(56-65-59(62)53-50-47-44-41-38-35-24-21-18-15-12-9-6-3)67-61(64)55-52-49-46-43-40-37-33-28-26-23-20-17-14-11-8-5-2/h21,24,28,33,58H,4-20,22-23,25-27,29-32,34-57H2,1-3H3/b24-21-,33-28-. The molecule has 0 radical (unpaired) electrons. The van der Waals surface area contributed by atoms with E-state index >= 15 is 0 Å². The van der Waals surface area contributed by atoms with Crippen LogP contribution in [0.2, 0.25) is 0 Å². The van der Waals surface area contributed by atoms with Crippen molar-refractivity contribution >= 4 is 17.9 Å². The summed E-state index contributed by atoms with van der Waals surface area (Å²) in [6.45, 7) is 6.66. The minimum atomic E-state index is -0.775. The maximum absolute atomic E-state index is 12.8. The van der Waals surface area contributed by atoms with Crippen molar-refractivity contribution in [3.8, 4) is 0 Å². The normalized spacial score (nSPS) is 12.1. The van der Waals surface area contributed by atoms with Crippen molar-refractivity contribution in [2.24, 2.45) is 0 Å². The molecule has 67 heavy (non-hydrogen) atoms. The van der Waals surface area contributed by atoms with Gasteiger partial charge in [-0.05, 0) is 70.6 Å². The zero-order chi connectivity index (χ0) is 48.6. The van der Waals surface area contributed by atoms with E-state index in [2.05, 4.69) is 45.1 Å². The van der Waals surface area contributed by atoms with Crippen molar-refractivity contribution in [2.45, 2.75) is 335 Å². The Morgan fingerprint density at radius 2 is 0.493 bits per heavy atom. The average Bonchev–Trinajstić information content (AvgIpc) is 3.33. The average molecular weight is 944 g/mol. The highest BCUT2D eigenvalue weighted by Gasteiger charge is 2.19. The topological polar surface area (TPSA) is 78.9 Å². The number of carbonyl (C=O) groups is 3. The minimum absolute atomic E-state index is 0.0727. The van der Waals surface area contributed by atoms with Crippen molar-refractivity contribution < 1.29 is 28.6 Å². The van der Waals surface area contributed by atoms with Gasteiger partial charge in [0.1, 0.15) is 13.2 Å². The molecule has 6 heteroatoms. The highest BCUT2D eigenvalue weighted by molar-refractivity contribution is 5.71. The second-order valence-electron chi connectivity index (χ2n) is 20.3. The molecule has 0 saturated heterocycles. The summed E-state index contributed by atoms with van der Waals surface area (Å²) in [7, 11) is 0. The Bertz CT molecular complexity index is 1080. The summed E-state index contributed by atoms with van der Waals surface area (Å²) < 4.78 is 16.9.